The standard InChI is InChI=1S/C15H22O2/c1-10(2)14-8-7-13-6-4-5-11(9-12(13)14)15(13,16-3)17-14/h4,6,10-12H,5,7-9H2,1-3H3/t11-,12+,13-,14-,15+/m0/s1. The molecule has 0 aromatic rings. The lowest BCUT2D eigenvalue weighted by atomic mass is 9.72. The lowest BCUT2D eigenvalue weighted by Crippen LogP contribution is -2.55. The van der Waals surface area contributed by atoms with E-state index in [4.69, 9.17) is 9.47 Å². The highest BCUT2D eigenvalue weighted by atomic mass is 16.7. The molecule has 1 aliphatic heterocycles. The number of rotatable bonds is 2. The second-order valence-corrected chi connectivity index (χ2v) is 6.75. The summed E-state index contributed by atoms with van der Waals surface area (Å²) in [5, 5.41) is 0. The molecular formula is C15H22O2. The molecular weight excluding hydrogens is 212 g/mol. The molecule has 0 N–H and O–H groups in total. The summed E-state index contributed by atoms with van der Waals surface area (Å²) in [5.74, 6) is 1.60. The van der Waals surface area contributed by atoms with Crippen molar-refractivity contribution in [3.05, 3.63) is 12.2 Å². The van der Waals surface area contributed by atoms with E-state index in [1.165, 1.54) is 19.3 Å². The van der Waals surface area contributed by atoms with Gasteiger partial charge in [-0.05, 0) is 31.6 Å². The summed E-state index contributed by atoms with van der Waals surface area (Å²) in [6, 6.07) is 0. The van der Waals surface area contributed by atoms with Gasteiger partial charge in [0.15, 0.2) is 5.79 Å². The van der Waals surface area contributed by atoms with Gasteiger partial charge in [-0.25, -0.2) is 0 Å². The van der Waals surface area contributed by atoms with E-state index in [1.807, 2.05) is 7.11 Å². The molecule has 1 spiro atoms. The third kappa shape index (κ3) is 0.821. The van der Waals surface area contributed by atoms with Crippen LogP contribution in [0, 0.1) is 23.2 Å². The molecule has 5 atom stereocenters. The van der Waals surface area contributed by atoms with Crippen molar-refractivity contribution in [3.63, 3.8) is 0 Å². The molecule has 4 rings (SSSR count). The van der Waals surface area contributed by atoms with Crippen LogP contribution in [0.2, 0.25) is 0 Å². The molecule has 3 aliphatic carbocycles. The van der Waals surface area contributed by atoms with Gasteiger partial charge in [-0.2, -0.15) is 0 Å². The van der Waals surface area contributed by atoms with Crippen LogP contribution in [0.1, 0.15) is 39.5 Å². The number of methoxy groups -OCH3 is 1. The Morgan fingerprint density at radius 3 is 2.82 bits per heavy atom. The van der Waals surface area contributed by atoms with E-state index in [1.54, 1.807) is 0 Å². The van der Waals surface area contributed by atoms with Gasteiger partial charge in [-0.1, -0.05) is 26.0 Å². The van der Waals surface area contributed by atoms with E-state index in [9.17, 15) is 0 Å². The highest BCUT2D eigenvalue weighted by Gasteiger charge is 2.81. The molecule has 2 heteroatoms. The van der Waals surface area contributed by atoms with Gasteiger partial charge in [0.2, 0.25) is 0 Å². The predicted molar refractivity (Wildman–Crippen MR) is 65.4 cm³/mol. The van der Waals surface area contributed by atoms with E-state index in [0.29, 0.717) is 17.8 Å². The summed E-state index contributed by atoms with van der Waals surface area (Å²) in [6.45, 7) is 4.63. The molecule has 0 aromatic carbocycles. The van der Waals surface area contributed by atoms with E-state index >= 15 is 0 Å². The topological polar surface area (TPSA) is 18.5 Å². The number of hydrogen-bond acceptors (Lipinski definition) is 2. The van der Waals surface area contributed by atoms with Crippen LogP contribution in [-0.2, 0) is 9.47 Å². The molecule has 2 saturated carbocycles. The largest absolute Gasteiger partial charge is 0.352 e. The summed E-state index contributed by atoms with van der Waals surface area (Å²) >= 11 is 0. The first-order chi connectivity index (χ1) is 8.11. The van der Waals surface area contributed by atoms with Crippen molar-refractivity contribution in [2.45, 2.75) is 50.9 Å². The first-order valence-electron chi connectivity index (χ1n) is 7.04. The normalized spacial score (nSPS) is 58.4. The van der Waals surface area contributed by atoms with Crippen LogP contribution in [0.15, 0.2) is 12.2 Å². The highest BCUT2D eigenvalue weighted by molar-refractivity contribution is 5.33. The summed E-state index contributed by atoms with van der Waals surface area (Å²) in [4.78, 5) is 0. The van der Waals surface area contributed by atoms with Crippen molar-refractivity contribution in [2.24, 2.45) is 23.2 Å². The number of allylic oxidation sites excluding steroid dienone is 1. The Labute approximate surface area is 103 Å². The molecule has 17 heavy (non-hydrogen) atoms. The molecule has 0 unspecified atom stereocenters. The Morgan fingerprint density at radius 1 is 1.35 bits per heavy atom. The van der Waals surface area contributed by atoms with Crippen molar-refractivity contribution < 1.29 is 9.47 Å². The fourth-order valence-corrected chi connectivity index (χ4v) is 5.63. The van der Waals surface area contributed by atoms with Crippen LogP contribution in [0.3, 0.4) is 0 Å². The van der Waals surface area contributed by atoms with Crippen molar-refractivity contribution in [3.8, 4) is 0 Å². The second-order valence-electron chi connectivity index (χ2n) is 6.75. The zero-order valence-electron chi connectivity index (χ0n) is 11.0. The lowest BCUT2D eigenvalue weighted by molar-refractivity contribution is -0.326. The average molecular weight is 234 g/mol. The van der Waals surface area contributed by atoms with Crippen LogP contribution >= 0.6 is 0 Å². The minimum atomic E-state index is -0.283. The molecule has 0 amide bonds. The minimum Gasteiger partial charge on any atom is -0.352 e. The van der Waals surface area contributed by atoms with Gasteiger partial charge in [0.05, 0.1) is 5.60 Å². The fourth-order valence-electron chi connectivity index (χ4n) is 5.63. The van der Waals surface area contributed by atoms with Crippen molar-refractivity contribution >= 4 is 0 Å². The van der Waals surface area contributed by atoms with Crippen LogP contribution < -0.4 is 0 Å². The molecule has 0 aromatic heterocycles. The Balaban J connectivity index is 1.92. The first-order valence-corrected chi connectivity index (χ1v) is 7.04. The van der Waals surface area contributed by atoms with E-state index in [-0.39, 0.29) is 16.8 Å². The molecule has 4 aliphatic rings. The Hall–Kier alpha value is -0.340. The Morgan fingerprint density at radius 2 is 2.18 bits per heavy atom. The lowest BCUT2D eigenvalue weighted by Gasteiger charge is -2.50. The van der Waals surface area contributed by atoms with Gasteiger partial charge in [0, 0.05) is 24.4 Å². The molecule has 3 fully saturated rings. The molecule has 5 bridgehead atoms. The van der Waals surface area contributed by atoms with Gasteiger partial charge >= 0.3 is 0 Å². The first kappa shape index (κ1) is 10.6. The second kappa shape index (κ2) is 2.80. The zero-order valence-corrected chi connectivity index (χ0v) is 11.0. The molecule has 0 radical (unpaired) electrons. The zero-order chi connectivity index (χ0) is 11.9. The molecule has 1 saturated heterocycles. The van der Waals surface area contributed by atoms with Gasteiger partial charge in [-0.3, -0.25) is 0 Å². The average Bonchev–Trinajstić information content (AvgIpc) is 2.81. The molecule has 94 valence electrons. The van der Waals surface area contributed by atoms with Crippen LogP contribution in [0.25, 0.3) is 0 Å². The van der Waals surface area contributed by atoms with Crippen molar-refractivity contribution in [1.82, 2.24) is 0 Å². The van der Waals surface area contributed by atoms with Gasteiger partial charge < -0.3 is 9.47 Å². The SMILES string of the molecule is CO[C@]12O[C@]3(C(C)C)CC[C@]14C=CC[C@H]2C[C@@H]34. The number of ether oxygens (including phenoxy) is 2. The van der Waals surface area contributed by atoms with Crippen LogP contribution in [0.5, 0.6) is 0 Å². The monoisotopic (exact) mass is 234 g/mol. The molecule has 1 heterocycles. The van der Waals surface area contributed by atoms with E-state index < -0.39 is 0 Å². The smallest absolute Gasteiger partial charge is 0.181 e. The predicted octanol–water partition coefficient (Wildman–Crippen LogP) is 3.13. The van der Waals surface area contributed by atoms with Crippen molar-refractivity contribution in [2.75, 3.05) is 7.11 Å². The Bertz CT molecular complexity index is 402. The molecule has 2 nitrogen and oxygen atoms in total. The van der Waals surface area contributed by atoms with Crippen LogP contribution in [-0.4, -0.2) is 18.5 Å². The third-order valence-electron chi connectivity index (χ3n) is 6.31. The number of hydrogen-bond donors (Lipinski definition) is 0. The van der Waals surface area contributed by atoms with E-state index in [0.717, 1.165) is 6.42 Å². The highest BCUT2D eigenvalue weighted by Crippen LogP contribution is 2.77. The van der Waals surface area contributed by atoms with Gasteiger partial charge in [0.25, 0.3) is 0 Å². The maximum Gasteiger partial charge on any atom is 0.181 e. The summed E-state index contributed by atoms with van der Waals surface area (Å²) in [5.41, 5.74) is 0.302. The maximum atomic E-state index is 6.63. The fraction of sp³-hybridized carbons (Fsp3) is 0.867. The summed E-state index contributed by atoms with van der Waals surface area (Å²) in [7, 11) is 1.85. The van der Waals surface area contributed by atoms with Gasteiger partial charge in [0.1, 0.15) is 0 Å². The van der Waals surface area contributed by atoms with E-state index in [2.05, 4.69) is 26.0 Å². The van der Waals surface area contributed by atoms with Gasteiger partial charge in [-0.15, -0.1) is 0 Å². The maximum absolute atomic E-state index is 6.63. The third-order valence-corrected chi connectivity index (χ3v) is 6.31. The Kier molecular flexibility index (Phi) is 1.74. The van der Waals surface area contributed by atoms with Crippen LogP contribution in [0.4, 0.5) is 0 Å². The summed E-state index contributed by atoms with van der Waals surface area (Å²) < 4.78 is 12.6. The summed E-state index contributed by atoms with van der Waals surface area (Å²) in [6.07, 6.45) is 9.75. The minimum absolute atomic E-state index is 0.0984. The quantitative estimate of drug-likeness (QED) is 0.683. The van der Waals surface area contributed by atoms with Crippen molar-refractivity contribution in [1.29, 1.82) is 0 Å².